The predicted molar refractivity (Wildman–Crippen MR) is 99.2 cm³/mol. The Labute approximate surface area is 148 Å². The highest BCUT2D eigenvalue weighted by molar-refractivity contribution is 5.82. The Morgan fingerprint density at radius 3 is 2.21 bits per heavy atom. The zero-order chi connectivity index (χ0) is 17.3. The van der Waals surface area contributed by atoms with Crippen molar-refractivity contribution >= 4 is 5.78 Å². The molecule has 0 spiro atoms. The van der Waals surface area contributed by atoms with Crippen LogP contribution in [0.25, 0.3) is 0 Å². The lowest BCUT2D eigenvalue weighted by molar-refractivity contribution is -0.123. The molecule has 4 fully saturated rings. The van der Waals surface area contributed by atoms with Gasteiger partial charge in [0.05, 0.1) is 6.54 Å². The number of carbonyl (C=O) groups excluding carboxylic acids is 1. The molecule has 0 N–H and O–H groups in total. The fraction of sp³-hybridized carbons (Fsp3) is 0.950. The van der Waals surface area contributed by atoms with Gasteiger partial charge in [-0.1, -0.05) is 13.8 Å². The Morgan fingerprint density at radius 1 is 1.00 bits per heavy atom. The Balaban J connectivity index is 1.43. The van der Waals surface area contributed by atoms with Crippen LogP contribution in [0.3, 0.4) is 0 Å². The Bertz CT molecular complexity index is 429. The monoisotopic (exact) mass is 335 g/mol. The molecule has 24 heavy (non-hydrogen) atoms. The summed E-state index contributed by atoms with van der Waals surface area (Å²) >= 11 is 0. The average Bonchev–Trinajstić information content (AvgIpc) is 2.57. The summed E-state index contributed by atoms with van der Waals surface area (Å²) in [6, 6.07) is 1.55. The van der Waals surface area contributed by atoms with Gasteiger partial charge in [-0.25, -0.2) is 0 Å². The smallest absolute Gasteiger partial charge is 0.149 e. The van der Waals surface area contributed by atoms with E-state index in [0.29, 0.717) is 18.4 Å². The number of piperidine rings is 2. The highest BCUT2D eigenvalue weighted by atomic mass is 16.1. The van der Waals surface area contributed by atoms with Gasteiger partial charge in [-0.05, 0) is 44.9 Å². The summed E-state index contributed by atoms with van der Waals surface area (Å²) in [5.74, 6) is 2.38. The van der Waals surface area contributed by atoms with Crippen molar-refractivity contribution in [1.82, 2.24) is 14.7 Å². The number of rotatable bonds is 6. The van der Waals surface area contributed by atoms with Gasteiger partial charge in [-0.3, -0.25) is 14.6 Å². The minimum absolute atomic E-state index is 0.171. The topological polar surface area (TPSA) is 26.8 Å². The summed E-state index contributed by atoms with van der Waals surface area (Å²) in [6.45, 7) is 16.4. The minimum atomic E-state index is 0.171. The van der Waals surface area contributed by atoms with Gasteiger partial charge in [-0.15, -0.1) is 0 Å². The van der Waals surface area contributed by atoms with E-state index in [4.69, 9.17) is 0 Å². The fourth-order valence-corrected chi connectivity index (χ4v) is 4.98. The van der Waals surface area contributed by atoms with Gasteiger partial charge in [-0.2, -0.15) is 0 Å². The van der Waals surface area contributed by atoms with Crippen LogP contribution in [0.4, 0.5) is 0 Å². The van der Waals surface area contributed by atoms with Crippen LogP contribution in [0.15, 0.2) is 0 Å². The van der Waals surface area contributed by atoms with E-state index in [0.717, 1.165) is 44.1 Å². The maximum atomic E-state index is 11.9. The lowest BCUT2D eigenvalue weighted by Gasteiger charge is -2.52. The lowest BCUT2D eigenvalue weighted by Crippen LogP contribution is -2.57. The molecular formula is C20H37N3O. The average molecular weight is 336 g/mol. The van der Waals surface area contributed by atoms with Crippen molar-refractivity contribution in [2.45, 2.75) is 59.0 Å². The summed E-state index contributed by atoms with van der Waals surface area (Å²) in [5, 5.41) is 0. The molecule has 1 aliphatic carbocycles. The molecule has 3 saturated heterocycles. The first-order valence-corrected chi connectivity index (χ1v) is 10.2. The molecule has 4 rings (SSSR count). The van der Waals surface area contributed by atoms with Gasteiger partial charge in [0.1, 0.15) is 5.78 Å². The molecule has 0 radical (unpaired) electrons. The molecule has 4 nitrogen and oxygen atoms in total. The van der Waals surface area contributed by atoms with Crippen molar-refractivity contribution in [2.75, 3.05) is 45.8 Å². The van der Waals surface area contributed by atoms with Crippen LogP contribution in [0.5, 0.6) is 0 Å². The summed E-state index contributed by atoms with van der Waals surface area (Å²) in [7, 11) is 0. The number of Topliss-reactive ketones (excluding diaryl/α,β-unsaturated/α-hetero) is 1. The number of piperazine rings is 1. The van der Waals surface area contributed by atoms with E-state index in [1.165, 1.54) is 32.4 Å². The normalized spacial score (nSPS) is 32.8. The number of fused-ring (bicyclic) bond motifs is 3. The number of carbonyl (C=O) groups is 1. The van der Waals surface area contributed by atoms with Crippen molar-refractivity contribution in [1.29, 1.82) is 0 Å². The summed E-state index contributed by atoms with van der Waals surface area (Å²) < 4.78 is 0. The quantitative estimate of drug-likeness (QED) is 0.744. The van der Waals surface area contributed by atoms with Crippen LogP contribution >= 0.6 is 0 Å². The van der Waals surface area contributed by atoms with Crippen LogP contribution < -0.4 is 0 Å². The fourth-order valence-electron chi connectivity index (χ4n) is 4.98. The van der Waals surface area contributed by atoms with Crippen LogP contribution in [0, 0.1) is 17.8 Å². The number of hydrogen-bond donors (Lipinski definition) is 0. The Hall–Kier alpha value is -0.450. The van der Waals surface area contributed by atoms with Gasteiger partial charge in [0.25, 0.3) is 0 Å². The molecule has 4 heteroatoms. The van der Waals surface area contributed by atoms with E-state index in [-0.39, 0.29) is 5.92 Å². The molecule has 1 saturated carbocycles. The highest BCUT2D eigenvalue weighted by Crippen LogP contribution is 2.40. The van der Waals surface area contributed by atoms with E-state index in [1.807, 2.05) is 13.8 Å². The third-order valence-electron chi connectivity index (χ3n) is 6.67. The van der Waals surface area contributed by atoms with E-state index in [2.05, 4.69) is 28.5 Å². The van der Waals surface area contributed by atoms with E-state index >= 15 is 0 Å². The second-order valence-corrected chi connectivity index (χ2v) is 8.98. The zero-order valence-electron chi connectivity index (χ0n) is 16.2. The zero-order valence-corrected chi connectivity index (χ0v) is 16.2. The number of nitrogens with zero attached hydrogens (tertiary/aromatic N) is 3. The number of ketones is 1. The van der Waals surface area contributed by atoms with Gasteiger partial charge >= 0.3 is 0 Å². The van der Waals surface area contributed by atoms with Crippen LogP contribution in [-0.4, -0.2) is 78.4 Å². The predicted octanol–water partition coefficient (Wildman–Crippen LogP) is 2.34. The van der Waals surface area contributed by atoms with Gasteiger partial charge in [0, 0.05) is 57.3 Å². The van der Waals surface area contributed by atoms with Crippen molar-refractivity contribution in [3.8, 4) is 0 Å². The van der Waals surface area contributed by atoms with Gasteiger partial charge < -0.3 is 4.90 Å². The second-order valence-electron chi connectivity index (χ2n) is 8.98. The molecule has 0 aromatic carbocycles. The first-order valence-electron chi connectivity index (χ1n) is 10.2. The third-order valence-corrected chi connectivity index (χ3v) is 6.67. The van der Waals surface area contributed by atoms with E-state index in [9.17, 15) is 4.79 Å². The third kappa shape index (κ3) is 4.20. The highest BCUT2D eigenvalue weighted by Gasteiger charge is 2.41. The largest absolute Gasteiger partial charge is 0.301 e. The Kier molecular flexibility index (Phi) is 5.99. The molecular weight excluding hydrogens is 298 g/mol. The summed E-state index contributed by atoms with van der Waals surface area (Å²) in [5.41, 5.74) is 0. The molecule has 138 valence electrons. The van der Waals surface area contributed by atoms with Crippen LogP contribution in [0.2, 0.25) is 0 Å². The molecule has 0 unspecified atom stereocenters. The maximum Gasteiger partial charge on any atom is 0.149 e. The van der Waals surface area contributed by atoms with Crippen molar-refractivity contribution in [3.63, 3.8) is 0 Å². The summed E-state index contributed by atoms with van der Waals surface area (Å²) in [4.78, 5) is 19.7. The summed E-state index contributed by atoms with van der Waals surface area (Å²) in [6.07, 6.45) is 4.28. The minimum Gasteiger partial charge on any atom is -0.301 e. The molecule has 4 aliphatic rings. The lowest BCUT2D eigenvalue weighted by atomic mass is 9.71. The maximum absolute atomic E-state index is 11.9. The SMILES string of the molecule is CC(C)C(=O)CN1CCN(C[C@H]2C[C@@H]3CC[C@H]2CN3C(C)C)CC1. The van der Waals surface area contributed by atoms with Crippen molar-refractivity contribution in [2.24, 2.45) is 17.8 Å². The van der Waals surface area contributed by atoms with Gasteiger partial charge in [0.15, 0.2) is 0 Å². The molecule has 0 aromatic rings. The standard InChI is InChI=1S/C20H37N3O/c1-15(2)20(24)14-22-9-7-21(8-10-22)12-18-11-19-6-5-17(18)13-23(19)16(3)4/h15-19H,5-14H2,1-4H3/t17-,18+,19-/m0/s1. The van der Waals surface area contributed by atoms with E-state index < -0.39 is 0 Å². The first-order chi connectivity index (χ1) is 11.4. The van der Waals surface area contributed by atoms with Gasteiger partial charge in [0.2, 0.25) is 0 Å². The molecule has 0 amide bonds. The molecule has 0 aromatic heterocycles. The first kappa shape index (κ1) is 18.3. The van der Waals surface area contributed by atoms with Crippen LogP contribution in [-0.2, 0) is 4.79 Å². The molecule has 3 heterocycles. The molecule has 3 aliphatic heterocycles. The van der Waals surface area contributed by atoms with Crippen LogP contribution in [0.1, 0.15) is 47.0 Å². The molecule has 3 atom stereocenters. The molecule has 2 bridgehead atoms. The van der Waals surface area contributed by atoms with Crippen molar-refractivity contribution in [3.05, 3.63) is 0 Å². The Morgan fingerprint density at radius 2 is 1.67 bits per heavy atom. The van der Waals surface area contributed by atoms with E-state index in [1.54, 1.807) is 0 Å². The second kappa shape index (κ2) is 7.84. The number of hydrogen-bond acceptors (Lipinski definition) is 4. The van der Waals surface area contributed by atoms with Crippen molar-refractivity contribution < 1.29 is 4.79 Å².